The van der Waals surface area contributed by atoms with Gasteiger partial charge in [0.2, 0.25) is 0 Å². The highest BCUT2D eigenvalue weighted by molar-refractivity contribution is 7.92. The van der Waals surface area contributed by atoms with Crippen LogP contribution in [-0.4, -0.2) is 24.2 Å². The Kier molecular flexibility index (Phi) is 3.86. The van der Waals surface area contributed by atoms with Gasteiger partial charge in [0.25, 0.3) is 0 Å². The van der Waals surface area contributed by atoms with Gasteiger partial charge in [0, 0.05) is 0 Å². The highest BCUT2D eigenvalue weighted by Crippen LogP contribution is 2.25. The molecule has 0 bridgehead atoms. The maximum absolute atomic E-state index is 12.2. The smallest absolute Gasteiger partial charge is 0.324 e. The van der Waals surface area contributed by atoms with Crippen molar-refractivity contribution in [2.45, 2.75) is 38.2 Å². The fraction of sp³-hybridized carbons (Fsp3) is 0.462. The van der Waals surface area contributed by atoms with Gasteiger partial charge in [-0.3, -0.25) is 4.79 Å². The van der Waals surface area contributed by atoms with Gasteiger partial charge >= 0.3 is 5.97 Å². The molecular weight excluding hydrogens is 252 g/mol. The SMILES string of the molecule is Cc1cccc(C)c1CS(=O)(=O)C(C)(C)C(=O)O. The largest absolute Gasteiger partial charge is 0.480 e. The van der Waals surface area contributed by atoms with Crippen molar-refractivity contribution in [3.63, 3.8) is 0 Å². The summed E-state index contributed by atoms with van der Waals surface area (Å²) in [6.07, 6.45) is 0. The molecule has 1 rings (SSSR count). The van der Waals surface area contributed by atoms with Gasteiger partial charge in [0.05, 0.1) is 5.75 Å². The van der Waals surface area contributed by atoms with Crippen LogP contribution in [0.5, 0.6) is 0 Å². The van der Waals surface area contributed by atoms with Gasteiger partial charge in [-0.2, -0.15) is 0 Å². The summed E-state index contributed by atoms with van der Waals surface area (Å²) >= 11 is 0. The maximum Gasteiger partial charge on any atom is 0.324 e. The van der Waals surface area contributed by atoms with Crippen LogP contribution >= 0.6 is 0 Å². The van der Waals surface area contributed by atoms with E-state index in [9.17, 15) is 13.2 Å². The van der Waals surface area contributed by atoms with E-state index in [0.717, 1.165) is 11.1 Å². The van der Waals surface area contributed by atoms with E-state index in [1.165, 1.54) is 13.8 Å². The lowest BCUT2D eigenvalue weighted by Crippen LogP contribution is -2.41. The summed E-state index contributed by atoms with van der Waals surface area (Å²) in [5, 5.41) is 9.01. The Morgan fingerprint density at radius 3 is 2.06 bits per heavy atom. The molecule has 0 saturated carbocycles. The molecule has 0 saturated heterocycles. The number of hydrogen-bond acceptors (Lipinski definition) is 3. The van der Waals surface area contributed by atoms with Crippen LogP contribution in [0.1, 0.15) is 30.5 Å². The van der Waals surface area contributed by atoms with Crippen LogP contribution < -0.4 is 0 Å². The Morgan fingerprint density at radius 1 is 1.22 bits per heavy atom. The van der Waals surface area contributed by atoms with Gasteiger partial charge in [0.1, 0.15) is 0 Å². The molecule has 1 aromatic carbocycles. The molecule has 4 nitrogen and oxygen atoms in total. The van der Waals surface area contributed by atoms with Crippen molar-refractivity contribution >= 4 is 15.8 Å². The second-order valence-corrected chi connectivity index (χ2v) is 7.48. The summed E-state index contributed by atoms with van der Waals surface area (Å²) in [6, 6.07) is 5.50. The standard InChI is InChI=1S/C13H18O4S/c1-9-6-5-7-10(2)11(9)8-18(16,17)13(3,4)12(14)15/h5-7H,8H2,1-4H3,(H,14,15). The number of carboxylic acids is 1. The molecule has 0 fully saturated rings. The molecule has 1 N–H and O–H groups in total. The van der Waals surface area contributed by atoms with Crippen LogP contribution in [0, 0.1) is 13.8 Å². The van der Waals surface area contributed by atoms with Crippen molar-refractivity contribution in [3.05, 3.63) is 34.9 Å². The molecule has 0 amide bonds. The Labute approximate surface area is 108 Å². The van der Waals surface area contributed by atoms with E-state index < -0.39 is 20.6 Å². The lowest BCUT2D eigenvalue weighted by atomic mass is 10.1. The van der Waals surface area contributed by atoms with Crippen LogP contribution in [0.15, 0.2) is 18.2 Å². The summed E-state index contributed by atoms with van der Waals surface area (Å²) in [7, 11) is -3.76. The maximum atomic E-state index is 12.2. The Bertz CT molecular complexity index is 550. The van der Waals surface area contributed by atoms with Crippen LogP contribution in [0.3, 0.4) is 0 Å². The molecule has 18 heavy (non-hydrogen) atoms. The summed E-state index contributed by atoms with van der Waals surface area (Å²) in [4.78, 5) is 11.0. The zero-order chi connectivity index (χ0) is 14.1. The molecule has 100 valence electrons. The highest BCUT2D eigenvalue weighted by Gasteiger charge is 2.42. The van der Waals surface area contributed by atoms with E-state index in [4.69, 9.17) is 5.11 Å². The molecule has 0 aliphatic heterocycles. The molecule has 0 heterocycles. The lowest BCUT2D eigenvalue weighted by molar-refractivity contribution is -0.139. The van der Waals surface area contributed by atoms with Crippen LogP contribution in [-0.2, 0) is 20.4 Å². The van der Waals surface area contributed by atoms with Gasteiger partial charge in [0.15, 0.2) is 14.6 Å². The third-order valence-corrected chi connectivity index (χ3v) is 5.67. The van der Waals surface area contributed by atoms with Crippen molar-refractivity contribution < 1.29 is 18.3 Å². The topological polar surface area (TPSA) is 71.4 Å². The highest BCUT2D eigenvalue weighted by atomic mass is 32.2. The van der Waals surface area contributed by atoms with Crippen molar-refractivity contribution in [3.8, 4) is 0 Å². The number of rotatable bonds is 4. The molecule has 0 unspecified atom stereocenters. The number of benzene rings is 1. The van der Waals surface area contributed by atoms with Crippen molar-refractivity contribution in [2.24, 2.45) is 0 Å². The first kappa shape index (κ1) is 14.7. The molecule has 1 aromatic rings. The predicted molar refractivity (Wildman–Crippen MR) is 70.3 cm³/mol. The van der Waals surface area contributed by atoms with E-state index >= 15 is 0 Å². The summed E-state index contributed by atoms with van der Waals surface area (Å²) in [6.45, 7) is 6.09. The van der Waals surface area contributed by atoms with Crippen LogP contribution in [0.2, 0.25) is 0 Å². The minimum Gasteiger partial charge on any atom is -0.480 e. The quantitative estimate of drug-likeness (QED) is 0.909. The van der Waals surface area contributed by atoms with Gasteiger partial charge in [-0.25, -0.2) is 8.42 Å². The fourth-order valence-electron chi connectivity index (χ4n) is 1.58. The number of sulfone groups is 1. The Morgan fingerprint density at radius 2 is 1.67 bits per heavy atom. The minimum absolute atomic E-state index is 0.245. The molecule has 0 atom stereocenters. The van der Waals surface area contributed by atoms with E-state index in [1.54, 1.807) is 0 Å². The second kappa shape index (κ2) is 4.72. The first-order chi connectivity index (χ1) is 8.09. The summed E-state index contributed by atoms with van der Waals surface area (Å²) in [5.74, 6) is -1.57. The number of aliphatic carboxylic acids is 1. The molecule has 0 spiro atoms. The van der Waals surface area contributed by atoms with Crippen molar-refractivity contribution in [1.29, 1.82) is 0 Å². The van der Waals surface area contributed by atoms with E-state index in [2.05, 4.69) is 0 Å². The zero-order valence-corrected chi connectivity index (χ0v) is 11.8. The Balaban J connectivity index is 3.23. The fourth-order valence-corrected chi connectivity index (χ4v) is 3.04. The summed E-state index contributed by atoms with van der Waals surface area (Å²) < 4.78 is 22.6. The molecule has 0 aliphatic rings. The van der Waals surface area contributed by atoms with E-state index in [1.807, 2.05) is 32.0 Å². The number of carboxylic acid groups (broad SMARTS) is 1. The van der Waals surface area contributed by atoms with Gasteiger partial charge in [-0.1, -0.05) is 18.2 Å². The number of carbonyl (C=O) groups is 1. The van der Waals surface area contributed by atoms with E-state index in [-0.39, 0.29) is 5.75 Å². The molecular formula is C13H18O4S. The minimum atomic E-state index is -3.76. The Hall–Kier alpha value is -1.36. The number of hydrogen-bond donors (Lipinski definition) is 1. The third-order valence-electron chi connectivity index (χ3n) is 3.27. The van der Waals surface area contributed by atoms with Gasteiger partial charge < -0.3 is 5.11 Å². The van der Waals surface area contributed by atoms with E-state index in [0.29, 0.717) is 5.56 Å². The first-order valence-corrected chi connectivity index (χ1v) is 7.25. The molecule has 5 heteroatoms. The van der Waals surface area contributed by atoms with Crippen LogP contribution in [0.4, 0.5) is 0 Å². The summed E-state index contributed by atoms with van der Waals surface area (Å²) in [5.41, 5.74) is 2.41. The first-order valence-electron chi connectivity index (χ1n) is 5.60. The average molecular weight is 270 g/mol. The van der Waals surface area contributed by atoms with Gasteiger partial charge in [-0.15, -0.1) is 0 Å². The van der Waals surface area contributed by atoms with Gasteiger partial charge in [-0.05, 0) is 44.4 Å². The predicted octanol–water partition coefficient (Wildman–Crippen LogP) is 2.08. The zero-order valence-electron chi connectivity index (χ0n) is 11.0. The molecule has 0 aliphatic carbocycles. The monoisotopic (exact) mass is 270 g/mol. The lowest BCUT2D eigenvalue weighted by Gasteiger charge is -2.21. The number of aryl methyl sites for hydroxylation is 2. The third kappa shape index (κ3) is 2.56. The van der Waals surface area contributed by atoms with Crippen molar-refractivity contribution in [1.82, 2.24) is 0 Å². The molecule has 0 radical (unpaired) electrons. The van der Waals surface area contributed by atoms with Crippen molar-refractivity contribution in [2.75, 3.05) is 0 Å². The second-order valence-electron chi connectivity index (χ2n) is 4.94. The van der Waals surface area contributed by atoms with Crippen LogP contribution in [0.25, 0.3) is 0 Å². The molecule has 0 aromatic heterocycles. The average Bonchev–Trinajstić information content (AvgIpc) is 2.23. The normalized spacial score (nSPS) is 12.4.